The number of nitrogens with two attached hydrogens (primary N) is 1. The van der Waals surface area contributed by atoms with Gasteiger partial charge in [0.1, 0.15) is 5.75 Å². The summed E-state index contributed by atoms with van der Waals surface area (Å²) in [6.45, 7) is 0.747. The molecule has 0 aromatic heterocycles. The number of rotatable bonds is 4. The third kappa shape index (κ3) is 2.94. The molecule has 0 unspecified atom stereocenters. The van der Waals surface area contributed by atoms with Crippen molar-refractivity contribution in [2.45, 2.75) is 25.7 Å². The van der Waals surface area contributed by atoms with Crippen LogP contribution in [0.5, 0.6) is 5.75 Å². The molecule has 0 aliphatic heterocycles. The summed E-state index contributed by atoms with van der Waals surface area (Å²) in [6, 6.07) is 5.11. The van der Waals surface area contributed by atoms with Crippen LogP contribution in [0.3, 0.4) is 0 Å². The quantitative estimate of drug-likeness (QED) is 0.803. The molecule has 1 aliphatic rings. The molecule has 1 aliphatic carbocycles. The molecule has 0 spiro atoms. The summed E-state index contributed by atoms with van der Waals surface area (Å²) in [7, 11) is 1.55. The minimum atomic E-state index is -0.106. The Bertz CT molecular complexity index is 426. The average Bonchev–Trinajstić information content (AvgIpc) is 2.89. The van der Waals surface area contributed by atoms with E-state index in [4.69, 9.17) is 10.5 Å². The molecule has 0 radical (unpaired) electrons. The third-order valence-electron chi connectivity index (χ3n) is 3.49. The van der Waals surface area contributed by atoms with Crippen molar-refractivity contribution in [1.82, 2.24) is 5.32 Å². The van der Waals surface area contributed by atoms with Gasteiger partial charge in [-0.1, -0.05) is 12.8 Å². The van der Waals surface area contributed by atoms with Crippen LogP contribution in [0.1, 0.15) is 36.0 Å². The first-order valence-corrected chi connectivity index (χ1v) is 6.42. The zero-order valence-corrected chi connectivity index (χ0v) is 10.7. The van der Waals surface area contributed by atoms with Gasteiger partial charge in [-0.3, -0.25) is 4.79 Å². The molecule has 0 heterocycles. The average molecular weight is 248 g/mol. The molecule has 0 saturated heterocycles. The van der Waals surface area contributed by atoms with Crippen molar-refractivity contribution in [2.75, 3.05) is 19.4 Å². The maximum Gasteiger partial charge on any atom is 0.255 e. The number of hydrogen-bond acceptors (Lipinski definition) is 3. The van der Waals surface area contributed by atoms with Gasteiger partial charge in [0.25, 0.3) is 5.91 Å². The van der Waals surface area contributed by atoms with Crippen molar-refractivity contribution in [3.05, 3.63) is 23.8 Å². The van der Waals surface area contributed by atoms with E-state index in [0.29, 0.717) is 22.9 Å². The molecule has 1 saturated carbocycles. The topological polar surface area (TPSA) is 64.3 Å². The number of carbonyl (C=O) groups is 1. The van der Waals surface area contributed by atoms with E-state index < -0.39 is 0 Å². The molecule has 1 fully saturated rings. The summed E-state index contributed by atoms with van der Waals surface area (Å²) in [5.74, 6) is 1.08. The van der Waals surface area contributed by atoms with Gasteiger partial charge in [0, 0.05) is 12.2 Å². The molecule has 1 aromatic carbocycles. The lowest BCUT2D eigenvalue weighted by molar-refractivity contribution is 0.0944. The van der Waals surface area contributed by atoms with Crippen molar-refractivity contribution >= 4 is 11.6 Å². The van der Waals surface area contributed by atoms with Crippen molar-refractivity contribution in [2.24, 2.45) is 5.92 Å². The highest BCUT2D eigenvalue weighted by Crippen LogP contribution is 2.24. The van der Waals surface area contributed by atoms with Crippen LogP contribution >= 0.6 is 0 Å². The molecule has 2 rings (SSSR count). The Morgan fingerprint density at radius 1 is 1.44 bits per heavy atom. The third-order valence-corrected chi connectivity index (χ3v) is 3.49. The molecule has 0 bridgehead atoms. The second kappa shape index (κ2) is 5.76. The van der Waals surface area contributed by atoms with E-state index in [9.17, 15) is 4.79 Å². The fourth-order valence-corrected chi connectivity index (χ4v) is 2.45. The number of methoxy groups -OCH3 is 1. The first-order valence-electron chi connectivity index (χ1n) is 6.42. The van der Waals surface area contributed by atoms with Gasteiger partial charge in [0.15, 0.2) is 0 Å². The Balaban J connectivity index is 2.00. The predicted octanol–water partition coefficient (Wildman–Crippen LogP) is 2.20. The Hall–Kier alpha value is -1.71. The number of carbonyl (C=O) groups excluding carboxylic acids is 1. The number of hydrogen-bond donors (Lipinski definition) is 2. The number of anilines is 1. The lowest BCUT2D eigenvalue weighted by atomic mass is 10.1. The molecule has 0 atom stereocenters. The molecular weight excluding hydrogens is 228 g/mol. The van der Waals surface area contributed by atoms with Crippen LogP contribution in [-0.4, -0.2) is 19.6 Å². The molecule has 1 aromatic rings. The van der Waals surface area contributed by atoms with Gasteiger partial charge in [0.2, 0.25) is 0 Å². The Labute approximate surface area is 108 Å². The van der Waals surface area contributed by atoms with Crippen LogP contribution in [0.2, 0.25) is 0 Å². The summed E-state index contributed by atoms with van der Waals surface area (Å²) in [6.07, 6.45) is 4.99. The van der Waals surface area contributed by atoms with Crippen LogP contribution in [0.25, 0.3) is 0 Å². The van der Waals surface area contributed by atoms with Crippen LogP contribution in [0, 0.1) is 5.92 Å². The van der Waals surface area contributed by atoms with Crippen LogP contribution in [-0.2, 0) is 0 Å². The summed E-state index contributed by atoms with van der Waals surface area (Å²) in [5, 5.41) is 2.97. The Morgan fingerprint density at radius 3 is 2.83 bits per heavy atom. The maximum atomic E-state index is 12.1. The second-order valence-electron chi connectivity index (χ2n) is 4.82. The van der Waals surface area contributed by atoms with E-state index >= 15 is 0 Å². The van der Waals surface area contributed by atoms with Crippen LogP contribution < -0.4 is 15.8 Å². The van der Waals surface area contributed by atoms with Gasteiger partial charge >= 0.3 is 0 Å². The zero-order valence-electron chi connectivity index (χ0n) is 10.7. The van der Waals surface area contributed by atoms with Crippen LogP contribution in [0.15, 0.2) is 18.2 Å². The molecule has 1 amide bonds. The molecule has 3 N–H and O–H groups in total. The molecule has 4 heteroatoms. The predicted molar refractivity (Wildman–Crippen MR) is 71.7 cm³/mol. The number of nitrogen functional groups attached to an aromatic ring is 1. The SMILES string of the molecule is COc1ccc(N)cc1C(=O)NCC1CCCC1. The Morgan fingerprint density at radius 2 is 2.17 bits per heavy atom. The Kier molecular flexibility index (Phi) is 4.07. The van der Waals surface area contributed by atoms with E-state index in [1.807, 2.05) is 0 Å². The summed E-state index contributed by atoms with van der Waals surface area (Å²) in [5.41, 5.74) is 6.78. The molecular formula is C14H20N2O2. The van der Waals surface area contributed by atoms with Crippen molar-refractivity contribution < 1.29 is 9.53 Å². The summed E-state index contributed by atoms with van der Waals surface area (Å²) < 4.78 is 5.18. The summed E-state index contributed by atoms with van der Waals surface area (Å²) in [4.78, 5) is 12.1. The molecule has 98 valence electrons. The van der Waals surface area contributed by atoms with E-state index in [1.165, 1.54) is 25.7 Å². The second-order valence-corrected chi connectivity index (χ2v) is 4.82. The summed E-state index contributed by atoms with van der Waals surface area (Å²) >= 11 is 0. The highest BCUT2D eigenvalue weighted by molar-refractivity contribution is 5.97. The van der Waals surface area contributed by atoms with E-state index in [2.05, 4.69) is 5.32 Å². The van der Waals surface area contributed by atoms with Gasteiger partial charge in [-0.25, -0.2) is 0 Å². The fraction of sp³-hybridized carbons (Fsp3) is 0.500. The smallest absolute Gasteiger partial charge is 0.255 e. The maximum absolute atomic E-state index is 12.1. The largest absolute Gasteiger partial charge is 0.496 e. The number of nitrogens with one attached hydrogen (secondary N) is 1. The van der Waals surface area contributed by atoms with Crippen molar-refractivity contribution in [1.29, 1.82) is 0 Å². The van der Waals surface area contributed by atoms with Crippen molar-refractivity contribution in [3.8, 4) is 5.75 Å². The number of benzene rings is 1. The lowest BCUT2D eigenvalue weighted by Gasteiger charge is -2.13. The van der Waals surface area contributed by atoms with Crippen molar-refractivity contribution in [3.63, 3.8) is 0 Å². The first kappa shape index (κ1) is 12.7. The van der Waals surface area contributed by atoms with E-state index in [0.717, 1.165) is 6.54 Å². The normalized spacial score (nSPS) is 15.6. The van der Waals surface area contributed by atoms with Gasteiger partial charge < -0.3 is 15.8 Å². The first-order chi connectivity index (χ1) is 8.70. The molecule has 4 nitrogen and oxygen atoms in total. The van der Waals surface area contributed by atoms with E-state index in [-0.39, 0.29) is 5.91 Å². The minimum Gasteiger partial charge on any atom is -0.496 e. The van der Waals surface area contributed by atoms with Crippen LogP contribution in [0.4, 0.5) is 5.69 Å². The van der Waals surface area contributed by atoms with Gasteiger partial charge in [-0.15, -0.1) is 0 Å². The van der Waals surface area contributed by atoms with Gasteiger partial charge in [-0.2, -0.15) is 0 Å². The number of ether oxygens (including phenoxy) is 1. The van der Waals surface area contributed by atoms with E-state index in [1.54, 1.807) is 25.3 Å². The highest BCUT2D eigenvalue weighted by atomic mass is 16.5. The monoisotopic (exact) mass is 248 g/mol. The number of amides is 1. The van der Waals surface area contributed by atoms with Gasteiger partial charge in [-0.05, 0) is 37.0 Å². The fourth-order valence-electron chi connectivity index (χ4n) is 2.45. The standard InChI is InChI=1S/C14H20N2O2/c1-18-13-7-6-11(15)8-12(13)14(17)16-9-10-4-2-3-5-10/h6-8,10H,2-5,9,15H2,1H3,(H,16,17). The molecule has 18 heavy (non-hydrogen) atoms. The van der Waals surface area contributed by atoms with Gasteiger partial charge in [0.05, 0.1) is 12.7 Å². The zero-order chi connectivity index (χ0) is 13.0. The highest BCUT2D eigenvalue weighted by Gasteiger charge is 2.17. The minimum absolute atomic E-state index is 0.106. The lowest BCUT2D eigenvalue weighted by Crippen LogP contribution is -2.28.